The lowest BCUT2D eigenvalue weighted by Gasteiger charge is -2.21. The van der Waals surface area contributed by atoms with Gasteiger partial charge in [-0.3, -0.25) is 0 Å². The van der Waals surface area contributed by atoms with Crippen LogP contribution in [0.5, 0.6) is 0 Å². The Morgan fingerprint density at radius 3 is 2.62 bits per heavy atom. The van der Waals surface area contributed by atoms with Crippen molar-refractivity contribution in [3.63, 3.8) is 0 Å². The molecular weight excluding hydrogens is 348 g/mol. The molecule has 1 aliphatic rings. The van der Waals surface area contributed by atoms with E-state index in [1.165, 1.54) is 6.20 Å². The third-order valence-corrected chi connectivity index (χ3v) is 4.62. The topological polar surface area (TPSA) is 49.8 Å². The Labute approximate surface area is 149 Å². The molecule has 1 aromatic heterocycles. The standard InChI is InChI=1S/C18H20F4N4/c1-10-14(13-6-5-12(8-15(13)19)18(20,21)22)9-24-17(25-10)26-11(2)16-4-3-7-23-16/h5-6,8-9,11,16,23H,3-4,7H2,1-2H3,(H,24,25,26). The second-order valence-corrected chi connectivity index (χ2v) is 6.52. The van der Waals surface area contributed by atoms with Crippen LogP contribution in [-0.4, -0.2) is 28.6 Å². The van der Waals surface area contributed by atoms with Crippen LogP contribution in [0, 0.1) is 12.7 Å². The number of aromatic nitrogens is 2. The molecule has 0 aliphatic carbocycles. The van der Waals surface area contributed by atoms with Crippen molar-refractivity contribution in [1.29, 1.82) is 0 Å². The van der Waals surface area contributed by atoms with Crippen LogP contribution in [0.15, 0.2) is 24.4 Å². The average Bonchev–Trinajstić information content (AvgIpc) is 3.09. The van der Waals surface area contributed by atoms with Gasteiger partial charge in [0.05, 0.1) is 11.3 Å². The zero-order valence-corrected chi connectivity index (χ0v) is 14.5. The van der Waals surface area contributed by atoms with Gasteiger partial charge in [-0.15, -0.1) is 0 Å². The van der Waals surface area contributed by atoms with Crippen LogP contribution in [0.3, 0.4) is 0 Å². The van der Waals surface area contributed by atoms with Gasteiger partial charge in [-0.25, -0.2) is 14.4 Å². The van der Waals surface area contributed by atoms with Crippen LogP contribution in [0.25, 0.3) is 11.1 Å². The van der Waals surface area contributed by atoms with E-state index < -0.39 is 17.6 Å². The number of hydrogen-bond donors (Lipinski definition) is 2. The minimum absolute atomic E-state index is 0.0487. The first kappa shape index (κ1) is 18.6. The molecule has 4 nitrogen and oxygen atoms in total. The number of hydrogen-bond acceptors (Lipinski definition) is 4. The summed E-state index contributed by atoms with van der Waals surface area (Å²) < 4.78 is 52.2. The van der Waals surface area contributed by atoms with E-state index in [0.29, 0.717) is 29.3 Å². The fourth-order valence-corrected chi connectivity index (χ4v) is 3.15. The van der Waals surface area contributed by atoms with Gasteiger partial charge in [-0.2, -0.15) is 13.2 Å². The van der Waals surface area contributed by atoms with E-state index in [4.69, 9.17) is 0 Å². The van der Waals surface area contributed by atoms with Crippen molar-refractivity contribution < 1.29 is 17.6 Å². The number of aryl methyl sites for hydroxylation is 1. The SMILES string of the molecule is Cc1nc(NC(C)C2CCCN2)ncc1-c1ccc(C(F)(F)F)cc1F. The van der Waals surface area contributed by atoms with Crippen molar-refractivity contribution in [2.24, 2.45) is 0 Å². The highest BCUT2D eigenvalue weighted by Crippen LogP contribution is 2.33. The first-order valence-electron chi connectivity index (χ1n) is 8.46. The van der Waals surface area contributed by atoms with Crippen molar-refractivity contribution >= 4 is 5.95 Å². The third kappa shape index (κ3) is 3.95. The summed E-state index contributed by atoms with van der Waals surface area (Å²) in [6, 6.07) is 2.94. The van der Waals surface area contributed by atoms with E-state index in [2.05, 4.69) is 20.6 Å². The Bertz CT molecular complexity index is 785. The van der Waals surface area contributed by atoms with E-state index in [1.54, 1.807) is 6.92 Å². The molecule has 0 radical (unpaired) electrons. The normalized spacial score (nSPS) is 18.8. The van der Waals surface area contributed by atoms with Gasteiger partial charge in [0.1, 0.15) is 5.82 Å². The quantitative estimate of drug-likeness (QED) is 0.796. The number of alkyl halides is 3. The molecule has 26 heavy (non-hydrogen) atoms. The van der Waals surface area contributed by atoms with E-state index in [9.17, 15) is 17.6 Å². The number of nitrogens with zero attached hydrogens (tertiary/aromatic N) is 2. The third-order valence-electron chi connectivity index (χ3n) is 4.62. The van der Waals surface area contributed by atoms with E-state index >= 15 is 0 Å². The van der Waals surface area contributed by atoms with Crippen LogP contribution >= 0.6 is 0 Å². The minimum atomic E-state index is -4.58. The summed E-state index contributed by atoms with van der Waals surface area (Å²) in [5.41, 5.74) is -0.109. The minimum Gasteiger partial charge on any atom is -0.350 e. The molecule has 2 N–H and O–H groups in total. The molecule has 1 aromatic carbocycles. The van der Waals surface area contributed by atoms with E-state index in [1.807, 2.05) is 6.92 Å². The molecule has 0 saturated carbocycles. The molecule has 140 valence electrons. The number of benzene rings is 1. The van der Waals surface area contributed by atoms with Crippen molar-refractivity contribution in [3.05, 3.63) is 41.5 Å². The van der Waals surface area contributed by atoms with Gasteiger partial charge in [0.15, 0.2) is 0 Å². The van der Waals surface area contributed by atoms with Crippen LogP contribution < -0.4 is 10.6 Å². The average molecular weight is 368 g/mol. The second kappa shape index (κ2) is 7.19. The highest BCUT2D eigenvalue weighted by molar-refractivity contribution is 5.66. The Kier molecular flexibility index (Phi) is 5.13. The lowest BCUT2D eigenvalue weighted by molar-refractivity contribution is -0.137. The molecule has 0 bridgehead atoms. The molecular formula is C18H20F4N4. The summed E-state index contributed by atoms with van der Waals surface area (Å²) >= 11 is 0. The molecule has 3 rings (SSSR count). The number of anilines is 1. The first-order chi connectivity index (χ1) is 12.3. The van der Waals surface area contributed by atoms with E-state index in [-0.39, 0.29) is 11.6 Å². The molecule has 1 saturated heterocycles. The molecule has 0 spiro atoms. The maximum atomic E-state index is 14.2. The Morgan fingerprint density at radius 2 is 2.04 bits per heavy atom. The Morgan fingerprint density at radius 1 is 1.27 bits per heavy atom. The molecule has 2 heterocycles. The predicted molar refractivity (Wildman–Crippen MR) is 91.3 cm³/mol. The van der Waals surface area contributed by atoms with Crippen molar-refractivity contribution in [2.45, 2.75) is 44.9 Å². The van der Waals surface area contributed by atoms with Gasteiger partial charge >= 0.3 is 6.18 Å². The predicted octanol–water partition coefficient (Wildman–Crippen LogP) is 4.16. The second-order valence-electron chi connectivity index (χ2n) is 6.52. The fourth-order valence-electron chi connectivity index (χ4n) is 3.15. The number of rotatable bonds is 4. The van der Waals surface area contributed by atoms with Crippen LogP contribution in [0.2, 0.25) is 0 Å². The highest BCUT2D eigenvalue weighted by atomic mass is 19.4. The molecule has 2 aromatic rings. The molecule has 1 aliphatic heterocycles. The largest absolute Gasteiger partial charge is 0.416 e. The Hall–Kier alpha value is -2.22. The molecule has 2 unspecified atom stereocenters. The van der Waals surface area contributed by atoms with Crippen molar-refractivity contribution in [1.82, 2.24) is 15.3 Å². The highest BCUT2D eigenvalue weighted by Gasteiger charge is 2.31. The zero-order chi connectivity index (χ0) is 18.9. The van der Waals surface area contributed by atoms with Gasteiger partial charge in [-0.05, 0) is 45.4 Å². The smallest absolute Gasteiger partial charge is 0.350 e. The van der Waals surface area contributed by atoms with E-state index in [0.717, 1.165) is 31.5 Å². The van der Waals surface area contributed by atoms with Gasteiger partial charge in [0.2, 0.25) is 5.95 Å². The van der Waals surface area contributed by atoms with Gasteiger partial charge in [-0.1, -0.05) is 6.07 Å². The van der Waals surface area contributed by atoms with Crippen molar-refractivity contribution in [2.75, 3.05) is 11.9 Å². The lowest BCUT2D eigenvalue weighted by Crippen LogP contribution is -2.38. The van der Waals surface area contributed by atoms with Crippen molar-refractivity contribution in [3.8, 4) is 11.1 Å². The van der Waals surface area contributed by atoms with Crippen LogP contribution in [0.4, 0.5) is 23.5 Å². The van der Waals surface area contributed by atoms with Gasteiger partial charge in [0.25, 0.3) is 0 Å². The monoisotopic (exact) mass is 368 g/mol. The molecule has 2 atom stereocenters. The molecule has 0 amide bonds. The summed E-state index contributed by atoms with van der Waals surface area (Å²) in [6.45, 7) is 4.70. The first-order valence-corrected chi connectivity index (χ1v) is 8.46. The summed E-state index contributed by atoms with van der Waals surface area (Å²) in [7, 11) is 0. The molecule has 1 fully saturated rings. The van der Waals surface area contributed by atoms with Crippen LogP contribution in [0.1, 0.15) is 31.0 Å². The summed E-state index contributed by atoms with van der Waals surface area (Å²) in [6.07, 6.45) is -0.945. The zero-order valence-electron chi connectivity index (χ0n) is 14.5. The van der Waals surface area contributed by atoms with Gasteiger partial charge in [0, 0.05) is 29.4 Å². The summed E-state index contributed by atoms with van der Waals surface area (Å²) in [4.78, 5) is 8.53. The van der Waals surface area contributed by atoms with Gasteiger partial charge < -0.3 is 10.6 Å². The van der Waals surface area contributed by atoms with Crippen LogP contribution in [-0.2, 0) is 6.18 Å². The lowest BCUT2D eigenvalue weighted by atomic mass is 10.0. The maximum absolute atomic E-state index is 14.2. The number of halogens is 4. The maximum Gasteiger partial charge on any atom is 0.416 e. The number of nitrogens with one attached hydrogen (secondary N) is 2. The summed E-state index contributed by atoms with van der Waals surface area (Å²) in [5.74, 6) is -0.532. The fraction of sp³-hybridized carbons (Fsp3) is 0.444. The summed E-state index contributed by atoms with van der Waals surface area (Å²) in [5, 5.41) is 6.61. The molecule has 8 heteroatoms. The Balaban J connectivity index is 1.81.